The van der Waals surface area contributed by atoms with Crippen LogP contribution < -0.4 is 10.6 Å². The Kier molecular flexibility index (Phi) is 4.23. The maximum atomic E-state index is 5.20. The number of fused-ring (bicyclic) bond motifs is 1. The van der Waals surface area contributed by atoms with Crippen molar-refractivity contribution in [2.24, 2.45) is 5.10 Å². The number of anilines is 2. The van der Waals surface area contributed by atoms with Crippen LogP contribution in [0.1, 0.15) is 41.7 Å². The van der Waals surface area contributed by atoms with Gasteiger partial charge >= 0.3 is 0 Å². The predicted molar refractivity (Wildman–Crippen MR) is 106 cm³/mol. The molecule has 1 fully saturated rings. The van der Waals surface area contributed by atoms with Crippen molar-refractivity contribution in [2.45, 2.75) is 31.6 Å². The summed E-state index contributed by atoms with van der Waals surface area (Å²) in [5.74, 6) is 2.85. The number of likely N-dealkylation sites (N-methyl/N-ethyl adjacent to an activating group) is 1. The van der Waals surface area contributed by atoms with Crippen LogP contribution >= 0.6 is 0 Å². The Labute approximate surface area is 162 Å². The first kappa shape index (κ1) is 17.2. The lowest BCUT2D eigenvalue weighted by atomic mass is 9.95. The molecule has 0 aromatic carbocycles. The fourth-order valence-electron chi connectivity index (χ4n) is 3.97. The van der Waals surface area contributed by atoms with Crippen molar-refractivity contribution in [3.63, 3.8) is 0 Å². The highest BCUT2D eigenvalue weighted by molar-refractivity contribution is 5.74. The molecule has 2 aliphatic rings. The van der Waals surface area contributed by atoms with E-state index in [0.717, 1.165) is 61.0 Å². The van der Waals surface area contributed by atoms with Crippen LogP contribution in [0.25, 0.3) is 5.65 Å². The average Bonchev–Trinajstić information content (AvgIpc) is 3.42. The number of hydrogen-bond acceptors (Lipinski definition) is 8. The number of rotatable bonds is 4. The van der Waals surface area contributed by atoms with Gasteiger partial charge in [0.25, 0.3) is 0 Å². The molecule has 3 aromatic heterocycles. The van der Waals surface area contributed by atoms with E-state index in [-0.39, 0.29) is 5.92 Å². The zero-order chi connectivity index (χ0) is 19.1. The monoisotopic (exact) mass is 380 g/mol. The number of nitrogens with zero attached hydrogens (tertiary/aromatic N) is 6. The van der Waals surface area contributed by atoms with Crippen LogP contribution in [0, 0.1) is 6.92 Å². The SMILES string of the molecule is Cc1cc(Nc2cc(C3CCCNC3)nc3c(C4C=NN(C)C4)cnn23)no1. The average molecular weight is 380 g/mol. The standard InChI is InChI=1S/C19H24N8O/c1-12-6-17(25-28-12)24-18-7-16(13-4-3-5-20-8-13)23-19-15(10-22-27(18)19)14-9-21-26(2)11-14/h6-7,9-10,13-14,20H,3-5,8,11H2,1-2H3,(H,24,25). The van der Waals surface area contributed by atoms with Gasteiger partial charge in [-0.05, 0) is 26.3 Å². The second-order valence-electron chi connectivity index (χ2n) is 7.60. The first-order valence-corrected chi connectivity index (χ1v) is 9.72. The quantitative estimate of drug-likeness (QED) is 0.717. The number of nitrogens with one attached hydrogen (secondary N) is 2. The van der Waals surface area contributed by atoms with Gasteiger partial charge in [0, 0.05) is 55.9 Å². The minimum Gasteiger partial charge on any atom is -0.360 e. The number of hydrazone groups is 1. The van der Waals surface area contributed by atoms with Gasteiger partial charge in [-0.15, -0.1) is 0 Å². The first-order chi connectivity index (χ1) is 13.7. The minimum atomic E-state index is 0.192. The van der Waals surface area contributed by atoms with Gasteiger partial charge in [0.05, 0.1) is 11.9 Å². The summed E-state index contributed by atoms with van der Waals surface area (Å²) < 4.78 is 7.06. The Morgan fingerprint density at radius 3 is 2.96 bits per heavy atom. The van der Waals surface area contributed by atoms with Crippen LogP contribution in [0.15, 0.2) is 28.0 Å². The van der Waals surface area contributed by atoms with Crippen LogP contribution in [-0.2, 0) is 0 Å². The van der Waals surface area contributed by atoms with E-state index >= 15 is 0 Å². The summed E-state index contributed by atoms with van der Waals surface area (Å²) in [6, 6.07) is 3.96. The van der Waals surface area contributed by atoms with E-state index in [1.54, 1.807) is 0 Å². The summed E-state index contributed by atoms with van der Waals surface area (Å²) in [6.07, 6.45) is 6.17. The largest absolute Gasteiger partial charge is 0.360 e. The lowest BCUT2D eigenvalue weighted by Gasteiger charge is -2.23. The van der Waals surface area contributed by atoms with Crippen LogP contribution in [0.3, 0.4) is 0 Å². The third kappa shape index (κ3) is 3.11. The molecule has 0 spiro atoms. The van der Waals surface area contributed by atoms with Gasteiger partial charge in [-0.2, -0.15) is 14.7 Å². The second kappa shape index (κ2) is 6.90. The van der Waals surface area contributed by atoms with Crippen molar-refractivity contribution < 1.29 is 4.52 Å². The van der Waals surface area contributed by atoms with Crippen LogP contribution in [0.5, 0.6) is 0 Å². The molecule has 1 saturated heterocycles. The molecule has 0 saturated carbocycles. The molecule has 0 amide bonds. The smallest absolute Gasteiger partial charge is 0.175 e. The predicted octanol–water partition coefficient (Wildman–Crippen LogP) is 2.25. The lowest BCUT2D eigenvalue weighted by Crippen LogP contribution is -2.29. The van der Waals surface area contributed by atoms with Gasteiger partial charge in [-0.3, -0.25) is 5.01 Å². The number of piperidine rings is 1. The lowest BCUT2D eigenvalue weighted by molar-refractivity contribution is 0.381. The van der Waals surface area contributed by atoms with Crippen molar-refractivity contribution in [1.82, 2.24) is 30.1 Å². The summed E-state index contributed by atoms with van der Waals surface area (Å²) in [4.78, 5) is 5.03. The summed E-state index contributed by atoms with van der Waals surface area (Å²) >= 11 is 0. The van der Waals surface area contributed by atoms with E-state index in [1.807, 2.05) is 42.0 Å². The number of aryl methyl sites for hydroxylation is 1. The fraction of sp³-hybridized carbons (Fsp3) is 0.474. The van der Waals surface area contributed by atoms with Crippen molar-refractivity contribution in [1.29, 1.82) is 0 Å². The molecule has 146 valence electrons. The molecule has 0 radical (unpaired) electrons. The summed E-state index contributed by atoms with van der Waals surface area (Å²) in [6.45, 7) is 4.73. The summed E-state index contributed by atoms with van der Waals surface area (Å²) in [5, 5.41) is 21.8. The van der Waals surface area contributed by atoms with E-state index < -0.39 is 0 Å². The van der Waals surface area contributed by atoms with E-state index in [1.165, 1.54) is 0 Å². The highest BCUT2D eigenvalue weighted by atomic mass is 16.5. The Balaban J connectivity index is 1.59. The van der Waals surface area contributed by atoms with E-state index in [2.05, 4.69) is 32.1 Å². The highest BCUT2D eigenvalue weighted by Gasteiger charge is 2.25. The molecule has 2 aliphatic heterocycles. The van der Waals surface area contributed by atoms with E-state index in [0.29, 0.717) is 11.7 Å². The number of hydrogen-bond donors (Lipinski definition) is 2. The summed E-state index contributed by atoms with van der Waals surface area (Å²) in [7, 11) is 1.98. The third-order valence-electron chi connectivity index (χ3n) is 5.42. The molecule has 9 heteroatoms. The fourth-order valence-corrected chi connectivity index (χ4v) is 3.97. The Bertz CT molecular complexity index is 1020. The van der Waals surface area contributed by atoms with Gasteiger partial charge in [0.1, 0.15) is 11.6 Å². The molecular weight excluding hydrogens is 356 g/mol. The van der Waals surface area contributed by atoms with Gasteiger partial charge < -0.3 is 15.2 Å². The van der Waals surface area contributed by atoms with Crippen molar-refractivity contribution in [2.75, 3.05) is 32.0 Å². The Hall–Kier alpha value is -2.94. The molecule has 2 atom stereocenters. The maximum Gasteiger partial charge on any atom is 0.175 e. The first-order valence-electron chi connectivity index (χ1n) is 9.72. The highest BCUT2D eigenvalue weighted by Crippen LogP contribution is 2.30. The zero-order valence-corrected chi connectivity index (χ0v) is 16.1. The summed E-state index contributed by atoms with van der Waals surface area (Å²) in [5.41, 5.74) is 3.04. The Morgan fingerprint density at radius 1 is 1.32 bits per heavy atom. The van der Waals surface area contributed by atoms with Gasteiger partial charge in [-0.1, -0.05) is 5.16 Å². The van der Waals surface area contributed by atoms with Gasteiger partial charge in [0.2, 0.25) is 0 Å². The van der Waals surface area contributed by atoms with Gasteiger partial charge in [-0.25, -0.2) is 4.98 Å². The normalized spacial score (nSPS) is 22.3. The Morgan fingerprint density at radius 2 is 2.25 bits per heavy atom. The molecule has 3 aromatic rings. The molecule has 2 unspecified atom stereocenters. The molecule has 5 heterocycles. The topological polar surface area (TPSA) is 95.9 Å². The van der Waals surface area contributed by atoms with Gasteiger partial charge in [0.15, 0.2) is 11.5 Å². The molecule has 0 bridgehead atoms. The molecule has 0 aliphatic carbocycles. The van der Waals surface area contributed by atoms with Crippen LogP contribution in [0.2, 0.25) is 0 Å². The minimum absolute atomic E-state index is 0.192. The van der Waals surface area contributed by atoms with Crippen molar-refractivity contribution in [3.05, 3.63) is 35.3 Å². The molecule has 2 N–H and O–H groups in total. The van der Waals surface area contributed by atoms with Crippen molar-refractivity contribution >= 4 is 23.5 Å². The zero-order valence-electron chi connectivity index (χ0n) is 16.1. The van der Waals surface area contributed by atoms with Crippen LogP contribution in [-0.4, -0.2) is 57.7 Å². The van der Waals surface area contributed by atoms with E-state index in [9.17, 15) is 0 Å². The molecule has 5 rings (SSSR count). The van der Waals surface area contributed by atoms with E-state index in [4.69, 9.17) is 9.51 Å². The molecular formula is C19H24N8O. The second-order valence-corrected chi connectivity index (χ2v) is 7.60. The third-order valence-corrected chi connectivity index (χ3v) is 5.42. The van der Waals surface area contributed by atoms with Crippen molar-refractivity contribution in [3.8, 4) is 0 Å². The maximum absolute atomic E-state index is 5.20. The number of aromatic nitrogens is 4. The van der Waals surface area contributed by atoms with Crippen LogP contribution in [0.4, 0.5) is 11.6 Å². The molecule has 28 heavy (non-hydrogen) atoms. The molecule has 9 nitrogen and oxygen atoms in total.